The molecule has 116 valence electrons. The Hall–Kier alpha value is -3.08. The number of anilines is 1. The third kappa shape index (κ3) is 2.94. The van der Waals surface area contributed by atoms with Gasteiger partial charge in [-0.2, -0.15) is 5.10 Å². The summed E-state index contributed by atoms with van der Waals surface area (Å²) in [4.78, 5) is 14.3. The Balaban J connectivity index is 1.98. The molecule has 0 atom stereocenters. The highest BCUT2D eigenvalue weighted by Gasteiger charge is 2.08. The molecule has 3 rings (SSSR count). The van der Waals surface area contributed by atoms with Gasteiger partial charge >= 0.3 is 0 Å². The van der Waals surface area contributed by atoms with Gasteiger partial charge in [-0.15, -0.1) is 0 Å². The molecule has 0 spiro atoms. The number of aromatic hydroxyl groups is 1. The van der Waals surface area contributed by atoms with E-state index < -0.39 is 0 Å². The Bertz CT molecular complexity index is 958. The molecule has 0 aliphatic rings. The van der Waals surface area contributed by atoms with Crippen LogP contribution in [0.15, 0.2) is 52.4 Å². The van der Waals surface area contributed by atoms with Crippen molar-refractivity contribution in [3.63, 3.8) is 0 Å². The molecule has 0 aliphatic carbocycles. The molecule has 1 heterocycles. The molecule has 23 heavy (non-hydrogen) atoms. The van der Waals surface area contributed by atoms with E-state index in [1.807, 2.05) is 38.1 Å². The molecule has 0 saturated heterocycles. The number of aryl methyl sites for hydroxylation is 2. The van der Waals surface area contributed by atoms with Crippen LogP contribution in [0.3, 0.4) is 0 Å². The zero-order chi connectivity index (χ0) is 16.4. The molecule has 0 bridgehead atoms. The molecule has 5 heteroatoms. The third-order valence-electron chi connectivity index (χ3n) is 3.72. The maximum absolute atomic E-state index is 11.9. The van der Waals surface area contributed by atoms with Gasteiger partial charge in [-0.05, 0) is 37.1 Å². The van der Waals surface area contributed by atoms with Crippen LogP contribution in [0.2, 0.25) is 0 Å². The first-order chi connectivity index (χ1) is 11.1. The lowest BCUT2D eigenvalue weighted by atomic mass is 10.1. The number of H-pyrrole nitrogens is 1. The first kappa shape index (κ1) is 14.8. The summed E-state index contributed by atoms with van der Waals surface area (Å²) in [5.41, 5.74) is 6.22. The lowest BCUT2D eigenvalue weighted by Gasteiger charge is -2.07. The maximum atomic E-state index is 11.9. The average molecular weight is 307 g/mol. The first-order valence-corrected chi connectivity index (χ1v) is 7.26. The zero-order valence-electron chi connectivity index (χ0n) is 12.9. The SMILES string of the molecule is Cc1ccc(C)c(NN=Cc2c(O)[nH]c(=O)c3ccccc23)c1. The predicted octanol–water partition coefficient (Wildman–Crippen LogP) is 3.30. The van der Waals surface area contributed by atoms with Gasteiger partial charge in [0.25, 0.3) is 5.56 Å². The molecule has 2 aromatic carbocycles. The Labute approximate surface area is 133 Å². The number of aromatic nitrogens is 1. The number of aromatic amines is 1. The summed E-state index contributed by atoms with van der Waals surface area (Å²) in [6.45, 7) is 4.00. The van der Waals surface area contributed by atoms with Crippen LogP contribution < -0.4 is 11.0 Å². The van der Waals surface area contributed by atoms with Crippen molar-refractivity contribution in [3.8, 4) is 5.88 Å². The van der Waals surface area contributed by atoms with Gasteiger partial charge < -0.3 is 5.11 Å². The molecule has 0 aliphatic heterocycles. The van der Waals surface area contributed by atoms with Gasteiger partial charge in [0.05, 0.1) is 17.5 Å². The van der Waals surface area contributed by atoms with Crippen molar-refractivity contribution in [2.24, 2.45) is 5.10 Å². The summed E-state index contributed by atoms with van der Waals surface area (Å²) >= 11 is 0. The number of hydrazone groups is 1. The van der Waals surface area contributed by atoms with Crippen LogP contribution in [-0.2, 0) is 0 Å². The standard InChI is InChI=1S/C18H17N3O2/c1-11-7-8-12(2)16(9-11)21-19-10-15-13-5-3-4-6-14(13)17(22)20-18(15)23/h3-10,21H,1-2H3,(H2,20,22,23). The molecule has 3 aromatic rings. The van der Waals surface area contributed by atoms with Crippen LogP contribution in [0.4, 0.5) is 5.69 Å². The number of nitrogens with one attached hydrogen (secondary N) is 2. The second-order valence-electron chi connectivity index (χ2n) is 5.45. The van der Waals surface area contributed by atoms with Gasteiger partial charge in [-0.25, -0.2) is 0 Å². The fourth-order valence-corrected chi connectivity index (χ4v) is 2.44. The summed E-state index contributed by atoms with van der Waals surface area (Å²) in [7, 11) is 0. The zero-order valence-corrected chi connectivity index (χ0v) is 12.9. The second-order valence-corrected chi connectivity index (χ2v) is 5.45. The minimum Gasteiger partial charge on any atom is -0.494 e. The lowest BCUT2D eigenvalue weighted by molar-refractivity contribution is 0.452. The smallest absolute Gasteiger partial charge is 0.258 e. The molecule has 0 radical (unpaired) electrons. The first-order valence-electron chi connectivity index (χ1n) is 7.26. The molecular formula is C18H17N3O2. The fraction of sp³-hybridized carbons (Fsp3) is 0.111. The topological polar surface area (TPSA) is 77.5 Å². The van der Waals surface area contributed by atoms with Gasteiger partial charge in [0, 0.05) is 10.8 Å². The van der Waals surface area contributed by atoms with Gasteiger partial charge in [0.15, 0.2) is 0 Å². The highest BCUT2D eigenvalue weighted by molar-refractivity contribution is 6.01. The number of hydrogen-bond donors (Lipinski definition) is 3. The monoisotopic (exact) mass is 307 g/mol. The maximum Gasteiger partial charge on any atom is 0.258 e. The van der Waals surface area contributed by atoms with E-state index in [9.17, 15) is 9.90 Å². The molecular weight excluding hydrogens is 290 g/mol. The van der Waals surface area contributed by atoms with E-state index in [1.54, 1.807) is 18.2 Å². The lowest BCUT2D eigenvalue weighted by Crippen LogP contribution is -2.08. The number of benzene rings is 2. The number of nitrogens with zero attached hydrogens (tertiary/aromatic N) is 1. The van der Waals surface area contributed by atoms with Crippen LogP contribution in [0.1, 0.15) is 16.7 Å². The van der Waals surface area contributed by atoms with Gasteiger partial charge in [-0.3, -0.25) is 15.2 Å². The minimum absolute atomic E-state index is 0.194. The van der Waals surface area contributed by atoms with Crippen LogP contribution in [0.5, 0.6) is 5.88 Å². The van der Waals surface area contributed by atoms with Crippen LogP contribution in [0, 0.1) is 13.8 Å². The van der Waals surface area contributed by atoms with E-state index >= 15 is 0 Å². The largest absolute Gasteiger partial charge is 0.494 e. The number of pyridine rings is 1. The van der Waals surface area contributed by atoms with E-state index in [1.165, 1.54) is 6.21 Å². The minimum atomic E-state index is -0.322. The third-order valence-corrected chi connectivity index (χ3v) is 3.72. The molecule has 1 aromatic heterocycles. The molecule has 3 N–H and O–H groups in total. The Morgan fingerprint density at radius 1 is 1.13 bits per heavy atom. The molecule has 0 unspecified atom stereocenters. The van der Waals surface area contributed by atoms with Gasteiger partial charge in [-0.1, -0.05) is 30.3 Å². The summed E-state index contributed by atoms with van der Waals surface area (Å²) in [6, 6.07) is 13.1. The van der Waals surface area contributed by atoms with Crippen LogP contribution in [0.25, 0.3) is 10.8 Å². The Kier molecular flexibility index (Phi) is 3.85. The highest BCUT2D eigenvalue weighted by atomic mass is 16.3. The van der Waals surface area contributed by atoms with E-state index in [0.717, 1.165) is 16.8 Å². The average Bonchev–Trinajstić information content (AvgIpc) is 2.53. The normalized spacial score (nSPS) is 11.2. The number of hydrogen-bond acceptors (Lipinski definition) is 4. The van der Waals surface area contributed by atoms with Crippen LogP contribution in [-0.4, -0.2) is 16.3 Å². The molecule has 5 nitrogen and oxygen atoms in total. The second kappa shape index (κ2) is 5.96. The van der Waals surface area contributed by atoms with E-state index in [4.69, 9.17) is 0 Å². The van der Waals surface area contributed by atoms with Gasteiger partial charge in [0.2, 0.25) is 5.88 Å². The molecule has 0 amide bonds. The van der Waals surface area contributed by atoms with Crippen LogP contribution >= 0.6 is 0 Å². The van der Waals surface area contributed by atoms with Crippen molar-refractivity contribution >= 4 is 22.7 Å². The summed E-state index contributed by atoms with van der Waals surface area (Å²) in [5.74, 6) is -0.194. The Morgan fingerprint density at radius 3 is 2.65 bits per heavy atom. The summed E-state index contributed by atoms with van der Waals surface area (Å²) < 4.78 is 0. The van der Waals surface area contributed by atoms with E-state index in [0.29, 0.717) is 16.3 Å². The van der Waals surface area contributed by atoms with Crippen molar-refractivity contribution < 1.29 is 5.11 Å². The summed E-state index contributed by atoms with van der Waals surface area (Å²) in [5, 5.41) is 15.4. The summed E-state index contributed by atoms with van der Waals surface area (Å²) in [6.07, 6.45) is 1.51. The van der Waals surface area contributed by atoms with Gasteiger partial charge in [0.1, 0.15) is 0 Å². The van der Waals surface area contributed by atoms with E-state index in [2.05, 4.69) is 15.5 Å². The predicted molar refractivity (Wildman–Crippen MR) is 93.4 cm³/mol. The van der Waals surface area contributed by atoms with E-state index in [-0.39, 0.29) is 11.4 Å². The Morgan fingerprint density at radius 2 is 1.87 bits per heavy atom. The highest BCUT2D eigenvalue weighted by Crippen LogP contribution is 2.21. The number of rotatable bonds is 3. The van der Waals surface area contributed by atoms with Crippen molar-refractivity contribution in [2.45, 2.75) is 13.8 Å². The fourth-order valence-electron chi connectivity index (χ4n) is 2.44. The number of fused-ring (bicyclic) bond motifs is 1. The molecule has 0 fully saturated rings. The van der Waals surface area contributed by atoms with Crippen molar-refractivity contribution in [3.05, 3.63) is 69.5 Å². The van der Waals surface area contributed by atoms with Crippen molar-refractivity contribution in [1.82, 2.24) is 4.98 Å². The molecule has 0 saturated carbocycles. The quantitative estimate of drug-likeness (QED) is 0.513. The van der Waals surface area contributed by atoms with Crippen molar-refractivity contribution in [2.75, 3.05) is 5.43 Å². The van der Waals surface area contributed by atoms with Crippen molar-refractivity contribution in [1.29, 1.82) is 0 Å².